The van der Waals surface area contributed by atoms with Crippen LogP contribution in [-0.4, -0.2) is 43.5 Å². The Morgan fingerprint density at radius 3 is 2.31 bits per heavy atom. The molecule has 1 N–H and O–H groups in total. The van der Waals surface area contributed by atoms with E-state index in [2.05, 4.69) is 5.32 Å². The number of hydrogen-bond donors (Lipinski definition) is 1. The third-order valence-electron chi connectivity index (χ3n) is 6.30. The van der Waals surface area contributed by atoms with Crippen LogP contribution in [0, 0.1) is 6.92 Å². The first kappa shape index (κ1) is 22.9. The van der Waals surface area contributed by atoms with Gasteiger partial charge in [-0.1, -0.05) is 24.3 Å². The van der Waals surface area contributed by atoms with Crippen LogP contribution in [0.15, 0.2) is 71.6 Å². The smallest absolute Gasteiger partial charge is 0.266 e. The van der Waals surface area contributed by atoms with E-state index in [1.165, 1.54) is 34.6 Å². The average molecular weight is 490 g/mol. The number of benzene rings is 3. The lowest BCUT2D eigenvalue weighted by Crippen LogP contribution is -2.29. The van der Waals surface area contributed by atoms with Gasteiger partial charge in [0.1, 0.15) is 0 Å². The molecule has 9 heteroatoms. The number of hydrogen-bond acceptors (Lipinski definition) is 5. The van der Waals surface area contributed by atoms with Gasteiger partial charge in [0.2, 0.25) is 10.0 Å². The summed E-state index contributed by atoms with van der Waals surface area (Å²) in [5.41, 5.74) is 2.17. The quantitative estimate of drug-likeness (QED) is 0.549. The van der Waals surface area contributed by atoms with Crippen molar-refractivity contribution in [2.24, 2.45) is 0 Å². The SMILES string of the molecule is Cc1ccccc1N1C(=O)c2ccc(C(=O)Nc3cccc(S(=O)(=O)N4CCCC4)c3)cc2C1=O. The van der Waals surface area contributed by atoms with Gasteiger partial charge < -0.3 is 5.32 Å². The van der Waals surface area contributed by atoms with Crippen molar-refractivity contribution in [3.05, 3.63) is 89.0 Å². The molecule has 0 spiro atoms. The predicted octanol–water partition coefficient (Wildman–Crippen LogP) is 3.83. The zero-order chi connectivity index (χ0) is 24.7. The lowest BCUT2D eigenvalue weighted by Gasteiger charge is -2.16. The summed E-state index contributed by atoms with van der Waals surface area (Å²) in [5.74, 6) is -1.45. The number of carbonyl (C=O) groups is 3. The van der Waals surface area contributed by atoms with E-state index in [-0.39, 0.29) is 21.6 Å². The maximum absolute atomic E-state index is 13.1. The first-order valence-corrected chi connectivity index (χ1v) is 12.7. The third kappa shape index (κ3) is 4.02. The molecule has 0 aliphatic carbocycles. The molecule has 3 amide bonds. The van der Waals surface area contributed by atoms with Crippen LogP contribution in [0.25, 0.3) is 0 Å². The first-order chi connectivity index (χ1) is 16.8. The maximum atomic E-state index is 13.1. The van der Waals surface area contributed by atoms with Crippen molar-refractivity contribution in [2.45, 2.75) is 24.7 Å². The van der Waals surface area contributed by atoms with E-state index in [1.54, 1.807) is 24.3 Å². The van der Waals surface area contributed by atoms with Gasteiger partial charge in [-0.3, -0.25) is 14.4 Å². The number of anilines is 2. The molecule has 0 atom stereocenters. The Bertz CT molecular complexity index is 1480. The van der Waals surface area contributed by atoms with Crippen LogP contribution in [0.5, 0.6) is 0 Å². The van der Waals surface area contributed by atoms with Crippen molar-refractivity contribution in [1.82, 2.24) is 4.31 Å². The fourth-order valence-corrected chi connectivity index (χ4v) is 5.99. The molecule has 3 aromatic carbocycles. The summed E-state index contributed by atoms with van der Waals surface area (Å²) in [6.07, 6.45) is 1.66. The molecule has 0 aromatic heterocycles. The summed E-state index contributed by atoms with van der Waals surface area (Å²) in [6, 6.07) is 17.5. The number of imide groups is 1. The third-order valence-corrected chi connectivity index (χ3v) is 8.19. The van der Waals surface area contributed by atoms with E-state index >= 15 is 0 Å². The summed E-state index contributed by atoms with van der Waals surface area (Å²) < 4.78 is 27.1. The van der Waals surface area contributed by atoms with E-state index in [0.717, 1.165) is 23.3 Å². The van der Waals surface area contributed by atoms with Crippen molar-refractivity contribution in [1.29, 1.82) is 0 Å². The van der Waals surface area contributed by atoms with Gasteiger partial charge in [-0.05, 0) is 67.8 Å². The molecule has 0 radical (unpaired) electrons. The molecule has 178 valence electrons. The number of rotatable bonds is 5. The lowest BCUT2D eigenvalue weighted by molar-refractivity contribution is 0.0925. The molecule has 1 saturated heterocycles. The largest absolute Gasteiger partial charge is 0.322 e. The molecule has 35 heavy (non-hydrogen) atoms. The van der Waals surface area contributed by atoms with Crippen LogP contribution in [0.4, 0.5) is 11.4 Å². The molecule has 2 aliphatic heterocycles. The molecule has 0 bridgehead atoms. The van der Waals surface area contributed by atoms with E-state index in [1.807, 2.05) is 19.1 Å². The van der Waals surface area contributed by atoms with Crippen LogP contribution in [0.1, 0.15) is 49.5 Å². The fourth-order valence-electron chi connectivity index (χ4n) is 4.43. The van der Waals surface area contributed by atoms with Gasteiger partial charge in [-0.15, -0.1) is 0 Å². The zero-order valence-electron chi connectivity index (χ0n) is 19.0. The normalized spacial score (nSPS) is 16.0. The minimum atomic E-state index is -3.62. The minimum absolute atomic E-state index is 0.112. The molecule has 5 rings (SSSR count). The van der Waals surface area contributed by atoms with Gasteiger partial charge in [-0.25, -0.2) is 13.3 Å². The Hall–Kier alpha value is -3.82. The highest BCUT2D eigenvalue weighted by molar-refractivity contribution is 7.89. The molecule has 2 aliphatic rings. The first-order valence-electron chi connectivity index (χ1n) is 11.3. The molecule has 0 unspecified atom stereocenters. The summed E-state index contributed by atoms with van der Waals surface area (Å²) in [7, 11) is -3.62. The maximum Gasteiger partial charge on any atom is 0.266 e. The topological polar surface area (TPSA) is 104 Å². The van der Waals surface area contributed by atoms with Crippen LogP contribution < -0.4 is 10.2 Å². The second-order valence-corrected chi connectivity index (χ2v) is 10.5. The van der Waals surface area contributed by atoms with Gasteiger partial charge in [-0.2, -0.15) is 4.31 Å². The van der Waals surface area contributed by atoms with E-state index < -0.39 is 27.7 Å². The van der Waals surface area contributed by atoms with Gasteiger partial charge in [0.15, 0.2) is 0 Å². The number of fused-ring (bicyclic) bond motifs is 1. The zero-order valence-corrected chi connectivity index (χ0v) is 19.8. The second kappa shape index (κ2) is 8.75. The van der Waals surface area contributed by atoms with Crippen LogP contribution in [0.3, 0.4) is 0 Å². The van der Waals surface area contributed by atoms with Gasteiger partial charge in [0.05, 0.1) is 21.7 Å². The van der Waals surface area contributed by atoms with Gasteiger partial charge in [0, 0.05) is 24.3 Å². The summed E-state index contributed by atoms with van der Waals surface area (Å²) >= 11 is 0. The summed E-state index contributed by atoms with van der Waals surface area (Å²) in [6.45, 7) is 2.79. The number of carbonyl (C=O) groups excluding carboxylic acids is 3. The van der Waals surface area contributed by atoms with Crippen molar-refractivity contribution < 1.29 is 22.8 Å². The number of nitrogens with zero attached hydrogens (tertiary/aromatic N) is 2. The number of para-hydroxylation sites is 1. The van der Waals surface area contributed by atoms with E-state index in [9.17, 15) is 22.8 Å². The molecular weight excluding hydrogens is 466 g/mol. The Labute approximate surface area is 203 Å². The van der Waals surface area contributed by atoms with Gasteiger partial charge in [0.25, 0.3) is 17.7 Å². The number of sulfonamides is 1. The summed E-state index contributed by atoms with van der Waals surface area (Å²) in [5, 5.41) is 2.70. The summed E-state index contributed by atoms with van der Waals surface area (Å²) in [4.78, 5) is 40.2. The van der Waals surface area contributed by atoms with E-state index in [0.29, 0.717) is 24.5 Å². The second-order valence-electron chi connectivity index (χ2n) is 8.59. The predicted molar refractivity (Wildman–Crippen MR) is 131 cm³/mol. The highest BCUT2D eigenvalue weighted by Gasteiger charge is 2.37. The van der Waals surface area contributed by atoms with Crippen molar-refractivity contribution in [2.75, 3.05) is 23.3 Å². The van der Waals surface area contributed by atoms with Crippen molar-refractivity contribution >= 4 is 39.1 Å². The van der Waals surface area contributed by atoms with Crippen molar-refractivity contribution in [3.8, 4) is 0 Å². The highest BCUT2D eigenvalue weighted by atomic mass is 32.2. The number of nitrogens with one attached hydrogen (secondary N) is 1. The Morgan fingerprint density at radius 2 is 1.57 bits per heavy atom. The standard InChI is InChI=1S/C26H23N3O5S/c1-17-7-2-3-10-23(17)29-25(31)21-12-11-18(15-22(21)26(29)32)24(30)27-19-8-6-9-20(16-19)35(33,34)28-13-4-5-14-28/h2-3,6-12,15-16H,4-5,13-14H2,1H3,(H,27,30). The lowest BCUT2D eigenvalue weighted by atomic mass is 10.1. The molecule has 3 aromatic rings. The molecule has 0 saturated carbocycles. The fraction of sp³-hybridized carbons (Fsp3) is 0.192. The van der Waals surface area contributed by atoms with Crippen LogP contribution in [-0.2, 0) is 10.0 Å². The molecule has 8 nitrogen and oxygen atoms in total. The Kier molecular flexibility index (Phi) is 5.74. The van der Waals surface area contributed by atoms with Crippen LogP contribution >= 0.6 is 0 Å². The monoisotopic (exact) mass is 489 g/mol. The highest BCUT2D eigenvalue weighted by Crippen LogP contribution is 2.31. The molecule has 1 fully saturated rings. The number of amides is 3. The molecular formula is C26H23N3O5S. The molecule has 2 heterocycles. The van der Waals surface area contributed by atoms with E-state index in [4.69, 9.17) is 0 Å². The Morgan fingerprint density at radius 1 is 0.857 bits per heavy atom. The average Bonchev–Trinajstić information content (AvgIpc) is 3.48. The van der Waals surface area contributed by atoms with Crippen molar-refractivity contribution in [3.63, 3.8) is 0 Å². The van der Waals surface area contributed by atoms with Gasteiger partial charge >= 0.3 is 0 Å². The minimum Gasteiger partial charge on any atom is -0.322 e. The van der Waals surface area contributed by atoms with Crippen LogP contribution in [0.2, 0.25) is 0 Å². The number of aryl methyl sites for hydroxylation is 1. The Balaban J connectivity index is 1.39.